The molecule has 0 spiro atoms. The number of fused-ring (bicyclic) bond motifs is 1. The largest absolute Gasteiger partial charge is 0.384 e. The van der Waals surface area contributed by atoms with Gasteiger partial charge in [0.05, 0.1) is 18.2 Å². The van der Waals surface area contributed by atoms with Crippen LogP contribution in [0.25, 0.3) is 0 Å². The first-order chi connectivity index (χ1) is 12.6. The van der Waals surface area contributed by atoms with Crippen LogP contribution < -0.4 is 5.73 Å². The lowest BCUT2D eigenvalue weighted by Crippen LogP contribution is -2.40. The number of carbonyl (C=O) groups is 1. The Hall–Kier alpha value is -3.22. The maximum absolute atomic E-state index is 12.8. The van der Waals surface area contributed by atoms with E-state index >= 15 is 0 Å². The Morgan fingerprint density at radius 2 is 2.00 bits per heavy atom. The molecule has 0 fully saturated rings. The topological polar surface area (TPSA) is 89.9 Å². The first-order valence-corrected chi connectivity index (χ1v) is 8.59. The maximum atomic E-state index is 12.8. The predicted molar refractivity (Wildman–Crippen MR) is 97.4 cm³/mol. The third-order valence-electron chi connectivity index (χ3n) is 4.62. The zero-order chi connectivity index (χ0) is 18.1. The van der Waals surface area contributed by atoms with Crippen LogP contribution in [0.5, 0.6) is 0 Å². The Morgan fingerprint density at radius 1 is 1.19 bits per heavy atom. The summed E-state index contributed by atoms with van der Waals surface area (Å²) in [7, 11) is 0. The van der Waals surface area contributed by atoms with Gasteiger partial charge < -0.3 is 15.2 Å². The molecule has 2 aromatic heterocycles. The first-order valence-electron chi connectivity index (χ1n) is 8.59. The van der Waals surface area contributed by atoms with E-state index in [1.54, 1.807) is 17.0 Å². The third-order valence-corrected chi connectivity index (χ3v) is 4.62. The molecule has 0 aliphatic carbocycles. The van der Waals surface area contributed by atoms with E-state index in [2.05, 4.69) is 38.8 Å². The van der Waals surface area contributed by atoms with Gasteiger partial charge in [0.2, 0.25) is 0 Å². The highest BCUT2D eigenvalue weighted by molar-refractivity contribution is 5.94. The summed E-state index contributed by atoms with van der Waals surface area (Å²) in [6, 6.07) is 13.7. The molecular formula is C19H20N6O. The number of anilines is 1. The normalized spacial score (nSPS) is 16.3. The molecule has 3 aromatic rings. The molecule has 7 heteroatoms. The van der Waals surface area contributed by atoms with Crippen LogP contribution >= 0.6 is 0 Å². The molecule has 0 bridgehead atoms. The molecule has 0 saturated carbocycles. The second kappa shape index (κ2) is 6.59. The van der Waals surface area contributed by atoms with Crippen LogP contribution in [0, 0.1) is 0 Å². The van der Waals surface area contributed by atoms with Gasteiger partial charge in [-0.1, -0.05) is 30.3 Å². The minimum absolute atomic E-state index is 0.0665. The van der Waals surface area contributed by atoms with Gasteiger partial charge in [-0.2, -0.15) is 0 Å². The Labute approximate surface area is 151 Å². The van der Waals surface area contributed by atoms with Crippen LogP contribution in [0.3, 0.4) is 0 Å². The molecule has 1 aliphatic rings. The summed E-state index contributed by atoms with van der Waals surface area (Å²) in [6.45, 7) is 3.13. The van der Waals surface area contributed by atoms with Gasteiger partial charge in [0.15, 0.2) is 5.82 Å². The van der Waals surface area contributed by atoms with Crippen LogP contribution in [0.1, 0.15) is 40.5 Å². The average molecular weight is 348 g/mol. The SMILES string of the molecule is C[C@H]1CN(C(=O)c2ccc(N)nc2)Cc2nnc(Cc3ccccc3)n21. The molecule has 0 unspecified atom stereocenters. The number of nitrogens with zero attached hydrogens (tertiary/aromatic N) is 5. The summed E-state index contributed by atoms with van der Waals surface area (Å²) in [5, 5.41) is 8.69. The number of benzene rings is 1. The second-order valence-corrected chi connectivity index (χ2v) is 6.57. The standard InChI is InChI=1S/C19H20N6O/c1-13-11-24(19(26)15-7-8-16(20)21-10-15)12-18-23-22-17(25(13)18)9-14-5-3-2-4-6-14/h2-8,10,13H,9,11-12H2,1H3,(H2,20,21)/t13-/m0/s1. The van der Waals surface area contributed by atoms with Crippen molar-refractivity contribution in [2.45, 2.75) is 25.9 Å². The number of nitrogen functional groups attached to an aromatic ring is 1. The number of pyridine rings is 1. The summed E-state index contributed by atoms with van der Waals surface area (Å²) in [5.74, 6) is 2.08. The van der Waals surface area contributed by atoms with Crippen molar-refractivity contribution in [1.29, 1.82) is 0 Å². The average Bonchev–Trinajstić information content (AvgIpc) is 3.06. The van der Waals surface area contributed by atoms with E-state index in [0.29, 0.717) is 24.5 Å². The fourth-order valence-electron chi connectivity index (χ4n) is 3.38. The second-order valence-electron chi connectivity index (χ2n) is 6.57. The Kier molecular flexibility index (Phi) is 4.12. The van der Waals surface area contributed by atoms with Crippen molar-refractivity contribution in [3.05, 3.63) is 71.4 Å². The van der Waals surface area contributed by atoms with Gasteiger partial charge in [0.25, 0.3) is 5.91 Å². The molecule has 26 heavy (non-hydrogen) atoms. The molecule has 132 valence electrons. The summed E-state index contributed by atoms with van der Waals surface area (Å²) in [5.41, 5.74) is 7.33. The molecule has 0 radical (unpaired) electrons. The molecule has 7 nitrogen and oxygen atoms in total. The number of hydrogen-bond acceptors (Lipinski definition) is 5. The van der Waals surface area contributed by atoms with Crippen molar-refractivity contribution >= 4 is 11.7 Å². The van der Waals surface area contributed by atoms with Gasteiger partial charge in [0.1, 0.15) is 11.6 Å². The van der Waals surface area contributed by atoms with E-state index in [0.717, 1.165) is 18.1 Å². The minimum atomic E-state index is -0.0665. The minimum Gasteiger partial charge on any atom is -0.384 e. The number of hydrogen-bond donors (Lipinski definition) is 1. The number of nitrogens with two attached hydrogens (primary N) is 1. The van der Waals surface area contributed by atoms with E-state index in [-0.39, 0.29) is 11.9 Å². The number of amides is 1. The van der Waals surface area contributed by atoms with E-state index < -0.39 is 0 Å². The van der Waals surface area contributed by atoms with Crippen molar-refractivity contribution in [3.63, 3.8) is 0 Å². The molecule has 3 heterocycles. The zero-order valence-corrected chi connectivity index (χ0v) is 14.5. The monoisotopic (exact) mass is 348 g/mol. The number of carbonyl (C=O) groups excluding carboxylic acids is 1. The van der Waals surface area contributed by atoms with Gasteiger partial charge in [-0.05, 0) is 24.6 Å². The number of aromatic nitrogens is 4. The molecular weight excluding hydrogens is 328 g/mol. The molecule has 2 N–H and O–H groups in total. The van der Waals surface area contributed by atoms with E-state index in [9.17, 15) is 4.79 Å². The van der Waals surface area contributed by atoms with Crippen molar-refractivity contribution < 1.29 is 4.79 Å². The molecule has 0 saturated heterocycles. The van der Waals surface area contributed by atoms with Gasteiger partial charge in [0, 0.05) is 19.2 Å². The highest BCUT2D eigenvalue weighted by Gasteiger charge is 2.29. The van der Waals surface area contributed by atoms with Gasteiger partial charge >= 0.3 is 0 Å². The van der Waals surface area contributed by atoms with Crippen LogP contribution in [-0.2, 0) is 13.0 Å². The summed E-state index contributed by atoms with van der Waals surface area (Å²) in [4.78, 5) is 18.5. The van der Waals surface area contributed by atoms with Crippen LogP contribution in [0.15, 0.2) is 48.7 Å². The molecule has 1 amide bonds. The Morgan fingerprint density at radius 3 is 2.73 bits per heavy atom. The predicted octanol–water partition coefficient (Wildman–Crippen LogP) is 2.06. The highest BCUT2D eigenvalue weighted by Crippen LogP contribution is 2.24. The van der Waals surface area contributed by atoms with Gasteiger partial charge in [-0.15, -0.1) is 10.2 Å². The molecule has 1 aliphatic heterocycles. The Bertz CT molecular complexity index is 919. The highest BCUT2D eigenvalue weighted by atomic mass is 16.2. The lowest BCUT2D eigenvalue weighted by molar-refractivity contribution is 0.0679. The van der Waals surface area contributed by atoms with Gasteiger partial charge in [-0.3, -0.25) is 4.79 Å². The van der Waals surface area contributed by atoms with Crippen LogP contribution in [-0.4, -0.2) is 37.1 Å². The first kappa shape index (κ1) is 16.3. The van der Waals surface area contributed by atoms with Crippen LogP contribution in [0.2, 0.25) is 0 Å². The van der Waals surface area contributed by atoms with Crippen molar-refractivity contribution in [2.24, 2.45) is 0 Å². The molecule has 1 atom stereocenters. The Balaban J connectivity index is 1.56. The third kappa shape index (κ3) is 3.03. The summed E-state index contributed by atoms with van der Waals surface area (Å²) < 4.78 is 2.15. The summed E-state index contributed by atoms with van der Waals surface area (Å²) in [6.07, 6.45) is 2.25. The fraction of sp³-hybridized carbons (Fsp3) is 0.263. The van der Waals surface area contributed by atoms with E-state index in [4.69, 9.17) is 5.73 Å². The molecule has 4 rings (SSSR count). The van der Waals surface area contributed by atoms with Crippen molar-refractivity contribution in [2.75, 3.05) is 12.3 Å². The van der Waals surface area contributed by atoms with E-state index in [1.807, 2.05) is 18.2 Å². The molecule has 1 aromatic carbocycles. The lowest BCUT2D eigenvalue weighted by Gasteiger charge is -2.32. The fourth-order valence-corrected chi connectivity index (χ4v) is 3.38. The quantitative estimate of drug-likeness (QED) is 0.782. The zero-order valence-electron chi connectivity index (χ0n) is 14.5. The van der Waals surface area contributed by atoms with E-state index in [1.165, 1.54) is 11.8 Å². The number of rotatable bonds is 3. The van der Waals surface area contributed by atoms with Crippen molar-refractivity contribution in [1.82, 2.24) is 24.6 Å². The van der Waals surface area contributed by atoms with Crippen molar-refractivity contribution in [3.8, 4) is 0 Å². The smallest absolute Gasteiger partial charge is 0.255 e. The maximum Gasteiger partial charge on any atom is 0.255 e. The van der Waals surface area contributed by atoms with Gasteiger partial charge in [-0.25, -0.2) is 4.98 Å². The summed E-state index contributed by atoms with van der Waals surface area (Å²) >= 11 is 0. The van der Waals surface area contributed by atoms with Crippen LogP contribution in [0.4, 0.5) is 5.82 Å². The lowest BCUT2D eigenvalue weighted by atomic mass is 10.1.